The third-order valence-corrected chi connectivity index (χ3v) is 2.07. The maximum Gasteiger partial charge on any atom is 0.179 e. The molecule has 1 fully saturated rings. The van der Waals surface area contributed by atoms with Gasteiger partial charge in [-0.2, -0.15) is 0 Å². The van der Waals surface area contributed by atoms with Gasteiger partial charge in [0.15, 0.2) is 11.6 Å². The van der Waals surface area contributed by atoms with E-state index in [-0.39, 0.29) is 0 Å². The summed E-state index contributed by atoms with van der Waals surface area (Å²) in [4.78, 5) is 4.40. The average Bonchev–Trinajstić information content (AvgIpc) is 2.85. The first-order valence-corrected chi connectivity index (χ1v) is 4.40. The Bertz CT molecular complexity index is 325. The third kappa shape index (κ3) is 1.72. The summed E-state index contributed by atoms with van der Waals surface area (Å²) in [5.41, 5.74) is 3.63. The molecule has 1 saturated carbocycles. The van der Waals surface area contributed by atoms with Crippen LogP contribution >= 0.6 is 0 Å². The minimum Gasteiger partial charge on any atom is -0.461 e. The maximum atomic E-state index is 5.37. The Balaban J connectivity index is 2.25. The van der Waals surface area contributed by atoms with Crippen molar-refractivity contribution < 1.29 is 4.42 Å². The number of aryl methyl sites for hydroxylation is 1. The van der Waals surface area contributed by atoms with Gasteiger partial charge in [-0.25, -0.2) is 5.84 Å². The van der Waals surface area contributed by atoms with E-state index in [1.807, 2.05) is 13.0 Å². The summed E-state index contributed by atoms with van der Waals surface area (Å²) in [6.45, 7) is 1.97. The van der Waals surface area contributed by atoms with Gasteiger partial charge in [-0.1, -0.05) is 0 Å². The monoisotopic (exact) mass is 179 g/mol. The standard InChI is InChI=1S/C9H13N3O/c1-6-4-5-13-8(6)9(12-10)11-7-2-3-7/h4-5,7H,2-3,10H2,1H3,(H,11,12). The van der Waals surface area contributed by atoms with Gasteiger partial charge in [0.2, 0.25) is 0 Å². The summed E-state index contributed by atoms with van der Waals surface area (Å²) in [7, 11) is 0. The highest BCUT2D eigenvalue weighted by molar-refractivity contribution is 5.97. The number of hydrogen-bond donors (Lipinski definition) is 2. The van der Waals surface area contributed by atoms with Crippen LogP contribution in [0.1, 0.15) is 24.2 Å². The van der Waals surface area contributed by atoms with Crippen LogP contribution in [0.15, 0.2) is 21.7 Å². The van der Waals surface area contributed by atoms with Gasteiger partial charge in [0.05, 0.1) is 12.3 Å². The highest BCUT2D eigenvalue weighted by Crippen LogP contribution is 2.24. The number of furan rings is 1. The Morgan fingerprint density at radius 2 is 2.46 bits per heavy atom. The Morgan fingerprint density at radius 1 is 1.69 bits per heavy atom. The predicted octanol–water partition coefficient (Wildman–Crippen LogP) is 0.960. The van der Waals surface area contributed by atoms with E-state index >= 15 is 0 Å². The Morgan fingerprint density at radius 3 is 2.92 bits per heavy atom. The van der Waals surface area contributed by atoms with Gasteiger partial charge in [-0.05, 0) is 31.4 Å². The lowest BCUT2D eigenvalue weighted by atomic mass is 10.2. The number of nitrogens with one attached hydrogen (secondary N) is 1. The molecule has 0 unspecified atom stereocenters. The molecule has 0 saturated heterocycles. The van der Waals surface area contributed by atoms with Crippen molar-refractivity contribution in [2.45, 2.75) is 25.8 Å². The van der Waals surface area contributed by atoms with Crippen LogP contribution in [0.3, 0.4) is 0 Å². The van der Waals surface area contributed by atoms with E-state index in [0.29, 0.717) is 11.9 Å². The van der Waals surface area contributed by atoms with Crippen molar-refractivity contribution in [2.24, 2.45) is 10.8 Å². The van der Waals surface area contributed by atoms with E-state index in [1.54, 1.807) is 6.26 Å². The fourth-order valence-electron chi connectivity index (χ4n) is 1.16. The first-order chi connectivity index (χ1) is 6.31. The van der Waals surface area contributed by atoms with Crippen molar-refractivity contribution >= 4 is 5.84 Å². The summed E-state index contributed by atoms with van der Waals surface area (Å²) in [6.07, 6.45) is 3.96. The molecule has 13 heavy (non-hydrogen) atoms. The third-order valence-electron chi connectivity index (χ3n) is 2.07. The lowest BCUT2D eigenvalue weighted by Gasteiger charge is -2.02. The molecule has 0 bridgehead atoms. The SMILES string of the molecule is Cc1ccoc1C(=NC1CC1)NN. The van der Waals surface area contributed by atoms with Gasteiger partial charge in [0, 0.05) is 0 Å². The topological polar surface area (TPSA) is 63.5 Å². The summed E-state index contributed by atoms with van der Waals surface area (Å²) in [5.74, 6) is 6.77. The molecule has 0 aliphatic heterocycles. The number of nitrogens with two attached hydrogens (primary N) is 1. The second-order valence-electron chi connectivity index (χ2n) is 3.29. The van der Waals surface area contributed by atoms with Crippen molar-refractivity contribution in [3.05, 3.63) is 23.7 Å². The molecular formula is C9H13N3O. The van der Waals surface area contributed by atoms with Crippen LogP contribution in [0, 0.1) is 6.92 Å². The molecule has 1 aromatic heterocycles. The van der Waals surface area contributed by atoms with Gasteiger partial charge < -0.3 is 9.84 Å². The van der Waals surface area contributed by atoms with Crippen LogP contribution in [-0.2, 0) is 0 Å². The number of hydrazine groups is 1. The van der Waals surface area contributed by atoms with Crippen LogP contribution < -0.4 is 11.3 Å². The molecular weight excluding hydrogens is 166 g/mol. The van der Waals surface area contributed by atoms with E-state index in [4.69, 9.17) is 10.3 Å². The molecule has 4 heteroatoms. The zero-order chi connectivity index (χ0) is 9.26. The molecule has 0 radical (unpaired) electrons. The summed E-state index contributed by atoms with van der Waals surface area (Å²) >= 11 is 0. The van der Waals surface area contributed by atoms with E-state index in [9.17, 15) is 0 Å². The predicted molar refractivity (Wildman–Crippen MR) is 50.3 cm³/mol. The summed E-state index contributed by atoms with van der Waals surface area (Å²) in [5, 5.41) is 0. The van der Waals surface area contributed by atoms with Gasteiger partial charge in [-0.3, -0.25) is 4.99 Å². The summed E-state index contributed by atoms with van der Waals surface area (Å²) in [6, 6.07) is 2.34. The smallest absolute Gasteiger partial charge is 0.179 e. The highest BCUT2D eigenvalue weighted by atomic mass is 16.3. The molecule has 1 heterocycles. The molecule has 1 aliphatic rings. The fraction of sp³-hybridized carbons (Fsp3) is 0.444. The van der Waals surface area contributed by atoms with E-state index in [0.717, 1.165) is 24.2 Å². The number of rotatable bonds is 2. The molecule has 2 rings (SSSR count). The molecule has 1 aliphatic carbocycles. The molecule has 0 aromatic carbocycles. The van der Waals surface area contributed by atoms with Crippen molar-refractivity contribution in [1.82, 2.24) is 5.43 Å². The normalized spacial score (nSPS) is 17.5. The molecule has 70 valence electrons. The minimum atomic E-state index is 0.440. The van der Waals surface area contributed by atoms with Gasteiger partial charge in [0.25, 0.3) is 0 Å². The zero-order valence-electron chi connectivity index (χ0n) is 7.58. The minimum absolute atomic E-state index is 0.440. The van der Waals surface area contributed by atoms with Crippen LogP contribution in [0.2, 0.25) is 0 Å². The Kier molecular flexibility index (Phi) is 2.06. The van der Waals surface area contributed by atoms with Crippen LogP contribution in [0.4, 0.5) is 0 Å². The van der Waals surface area contributed by atoms with Gasteiger partial charge >= 0.3 is 0 Å². The molecule has 4 nitrogen and oxygen atoms in total. The highest BCUT2D eigenvalue weighted by Gasteiger charge is 2.22. The van der Waals surface area contributed by atoms with Crippen molar-refractivity contribution in [1.29, 1.82) is 0 Å². The number of amidine groups is 1. The van der Waals surface area contributed by atoms with E-state index in [2.05, 4.69) is 10.4 Å². The first kappa shape index (κ1) is 8.31. The number of aliphatic imine (C=N–C) groups is 1. The number of nitrogens with zero attached hydrogens (tertiary/aromatic N) is 1. The van der Waals surface area contributed by atoms with Crippen LogP contribution in [0.5, 0.6) is 0 Å². The number of hydrogen-bond acceptors (Lipinski definition) is 3. The van der Waals surface area contributed by atoms with Crippen molar-refractivity contribution in [3.63, 3.8) is 0 Å². The summed E-state index contributed by atoms with van der Waals surface area (Å²) < 4.78 is 5.27. The molecule has 0 amide bonds. The van der Waals surface area contributed by atoms with Crippen LogP contribution in [-0.4, -0.2) is 11.9 Å². The van der Waals surface area contributed by atoms with Gasteiger partial charge in [-0.15, -0.1) is 0 Å². The van der Waals surface area contributed by atoms with E-state index in [1.165, 1.54) is 0 Å². The second kappa shape index (κ2) is 3.22. The fourth-order valence-corrected chi connectivity index (χ4v) is 1.16. The van der Waals surface area contributed by atoms with Crippen LogP contribution in [0.25, 0.3) is 0 Å². The maximum absolute atomic E-state index is 5.37. The Hall–Kier alpha value is -1.29. The lowest BCUT2D eigenvalue weighted by Crippen LogP contribution is -2.31. The first-order valence-electron chi connectivity index (χ1n) is 4.40. The zero-order valence-corrected chi connectivity index (χ0v) is 7.58. The lowest BCUT2D eigenvalue weighted by molar-refractivity contribution is 0.551. The molecule has 3 N–H and O–H groups in total. The molecule has 0 atom stereocenters. The quantitative estimate of drug-likeness (QED) is 0.307. The molecule has 1 aromatic rings. The largest absolute Gasteiger partial charge is 0.461 e. The van der Waals surface area contributed by atoms with Crippen molar-refractivity contribution in [3.8, 4) is 0 Å². The van der Waals surface area contributed by atoms with Gasteiger partial charge in [0.1, 0.15) is 0 Å². The average molecular weight is 179 g/mol. The van der Waals surface area contributed by atoms with Crippen molar-refractivity contribution in [2.75, 3.05) is 0 Å². The second-order valence-corrected chi connectivity index (χ2v) is 3.29. The van der Waals surface area contributed by atoms with E-state index < -0.39 is 0 Å². The molecule has 0 spiro atoms. The Labute approximate surface area is 76.8 Å².